The van der Waals surface area contributed by atoms with Gasteiger partial charge in [0.05, 0.1) is 0 Å². The van der Waals surface area contributed by atoms with E-state index < -0.39 is 0 Å². The number of anilines is 1. The van der Waals surface area contributed by atoms with Gasteiger partial charge in [-0.3, -0.25) is 4.79 Å². The standard InChI is InChI=1S/C19H23N5O/c1-3-24(4-2)18-11-17(22-13-23-18)19(25)20-10-9-14-12-21-16-8-6-5-7-15(14)16/h5-8,11-13,21H,3-4,9-10H2,1-2H3,(H,20,25). The van der Waals surface area contributed by atoms with E-state index in [1.54, 1.807) is 6.07 Å². The van der Waals surface area contributed by atoms with E-state index in [1.165, 1.54) is 17.3 Å². The molecule has 6 heteroatoms. The van der Waals surface area contributed by atoms with Crippen LogP contribution in [-0.2, 0) is 6.42 Å². The lowest BCUT2D eigenvalue weighted by Gasteiger charge is -2.19. The minimum atomic E-state index is -0.171. The van der Waals surface area contributed by atoms with Gasteiger partial charge in [-0.15, -0.1) is 0 Å². The summed E-state index contributed by atoms with van der Waals surface area (Å²) < 4.78 is 0. The third-order valence-corrected chi connectivity index (χ3v) is 4.33. The molecule has 0 saturated heterocycles. The van der Waals surface area contributed by atoms with Gasteiger partial charge in [0.25, 0.3) is 5.91 Å². The molecular formula is C19H23N5O. The van der Waals surface area contributed by atoms with Crippen molar-refractivity contribution in [3.05, 3.63) is 54.1 Å². The van der Waals surface area contributed by atoms with Crippen LogP contribution in [0.25, 0.3) is 10.9 Å². The molecule has 25 heavy (non-hydrogen) atoms. The summed E-state index contributed by atoms with van der Waals surface area (Å²) in [7, 11) is 0. The maximum Gasteiger partial charge on any atom is 0.270 e. The van der Waals surface area contributed by atoms with Crippen LogP contribution in [0, 0.1) is 0 Å². The fourth-order valence-corrected chi connectivity index (χ4v) is 2.93. The van der Waals surface area contributed by atoms with Crippen LogP contribution in [0.5, 0.6) is 0 Å². The maximum atomic E-state index is 12.4. The number of nitrogens with zero attached hydrogens (tertiary/aromatic N) is 3. The first-order valence-electron chi connectivity index (χ1n) is 8.63. The average molecular weight is 337 g/mol. The molecule has 130 valence electrons. The number of rotatable bonds is 7. The van der Waals surface area contributed by atoms with E-state index in [-0.39, 0.29) is 5.91 Å². The van der Waals surface area contributed by atoms with Crippen LogP contribution in [0.15, 0.2) is 42.9 Å². The molecule has 2 heterocycles. The summed E-state index contributed by atoms with van der Waals surface area (Å²) in [5.74, 6) is 0.609. The number of para-hydroxylation sites is 1. The minimum absolute atomic E-state index is 0.171. The Morgan fingerprint density at radius 3 is 2.80 bits per heavy atom. The second kappa shape index (κ2) is 7.79. The molecule has 3 rings (SSSR count). The van der Waals surface area contributed by atoms with E-state index in [1.807, 2.05) is 24.4 Å². The minimum Gasteiger partial charge on any atom is -0.361 e. The van der Waals surface area contributed by atoms with Crippen molar-refractivity contribution in [2.24, 2.45) is 0 Å². The normalized spacial score (nSPS) is 10.8. The van der Waals surface area contributed by atoms with Crippen molar-refractivity contribution in [3.8, 4) is 0 Å². The smallest absolute Gasteiger partial charge is 0.270 e. The first kappa shape index (κ1) is 17.0. The van der Waals surface area contributed by atoms with Crippen molar-refractivity contribution in [1.29, 1.82) is 0 Å². The molecule has 3 aromatic rings. The van der Waals surface area contributed by atoms with Crippen LogP contribution in [0.4, 0.5) is 5.82 Å². The maximum absolute atomic E-state index is 12.4. The number of fused-ring (bicyclic) bond motifs is 1. The quantitative estimate of drug-likeness (QED) is 0.695. The van der Waals surface area contributed by atoms with Gasteiger partial charge < -0.3 is 15.2 Å². The average Bonchev–Trinajstić information content (AvgIpc) is 3.06. The lowest BCUT2D eigenvalue weighted by Crippen LogP contribution is -2.28. The predicted molar refractivity (Wildman–Crippen MR) is 99.9 cm³/mol. The Balaban J connectivity index is 1.62. The number of H-pyrrole nitrogens is 1. The molecular weight excluding hydrogens is 314 g/mol. The molecule has 0 aliphatic rings. The molecule has 0 spiro atoms. The van der Waals surface area contributed by atoms with Crippen LogP contribution >= 0.6 is 0 Å². The summed E-state index contributed by atoms with van der Waals surface area (Å²) in [6, 6.07) is 9.91. The molecule has 0 aliphatic heterocycles. The van der Waals surface area contributed by atoms with Gasteiger partial charge in [0.1, 0.15) is 17.8 Å². The van der Waals surface area contributed by atoms with Gasteiger partial charge in [-0.1, -0.05) is 18.2 Å². The zero-order chi connectivity index (χ0) is 17.6. The molecule has 0 aliphatic carbocycles. The summed E-state index contributed by atoms with van der Waals surface area (Å²) >= 11 is 0. The molecule has 0 atom stereocenters. The van der Waals surface area contributed by atoms with E-state index in [0.29, 0.717) is 12.2 Å². The van der Waals surface area contributed by atoms with Crippen molar-refractivity contribution in [2.45, 2.75) is 20.3 Å². The van der Waals surface area contributed by atoms with E-state index >= 15 is 0 Å². The van der Waals surface area contributed by atoms with Crippen LogP contribution in [0.2, 0.25) is 0 Å². The predicted octanol–water partition coefficient (Wildman–Crippen LogP) is 2.78. The fourth-order valence-electron chi connectivity index (χ4n) is 2.93. The Kier molecular flexibility index (Phi) is 5.28. The number of aromatic amines is 1. The number of nitrogens with one attached hydrogen (secondary N) is 2. The fraction of sp³-hybridized carbons (Fsp3) is 0.316. The topological polar surface area (TPSA) is 73.9 Å². The molecule has 2 aromatic heterocycles. The summed E-state index contributed by atoms with van der Waals surface area (Å²) in [5.41, 5.74) is 2.71. The second-order valence-electron chi connectivity index (χ2n) is 5.80. The molecule has 6 nitrogen and oxygen atoms in total. The largest absolute Gasteiger partial charge is 0.361 e. The lowest BCUT2D eigenvalue weighted by atomic mass is 10.1. The third kappa shape index (κ3) is 3.79. The number of carbonyl (C=O) groups excluding carboxylic acids is 1. The van der Waals surface area contributed by atoms with Gasteiger partial charge in [-0.05, 0) is 31.9 Å². The highest BCUT2D eigenvalue weighted by Gasteiger charge is 2.11. The van der Waals surface area contributed by atoms with Gasteiger partial charge in [0.15, 0.2) is 0 Å². The molecule has 0 bridgehead atoms. The number of carbonyl (C=O) groups is 1. The lowest BCUT2D eigenvalue weighted by molar-refractivity contribution is 0.0949. The highest BCUT2D eigenvalue weighted by Crippen LogP contribution is 2.17. The van der Waals surface area contributed by atoms with E-state index in [0.717, 1.165) is 30.8 Å². The van der Waals surface area contributed by atoms with Gasteiger partial charge in [0, 0.05) is 42.8 Å². The molecule has 2 N–H and O–H groups in total. The highest BCUT2D eigenvalue weighted by molar-refractivity contribution is 5.93. The molecule has 0 fully saturated rings. The Morgan fingerprint density at radius 2 is 2.00 bits per heavy atom. The summed E-state index contributed by atoms with van der Waals surface area (Å²) in [5, 5.41) is 4.14. The summed E-state index contributed by atoms with van der Waals surface area (Å²) in [6.07, 6.45) is 4.21. The Morgan fingerprint density at radius 1 is 1.20 bits per heavy atom. The Labute approximate surface area is 147 Å². The van der Waals surface area contributed by atoms with Crippen LogP contribution in [-0.4, -0.2) is 40.5 Å². The van der Waals surface area contributed by atoms with Crippen molar-refractivity contribution in [1.82, 2.24) is 20.3 Å². The van der Waals surface area contributed by atoms with Gasteiger partial charge >= 0.3 is 0 Å². The monoisotopic (exact) mass is 337 g/mol. The first-order valence-corrected chi connectivity index (χ1v) is 8.63. The number of amides is 1. The number of benzene rings is 1. The van der Waals surface area contributed by atoms with E-state index in [4.69, 9.17) is 0 Å². The van der Waals surface area contributed by atoms with Crippen LogP contribution in [0.3, 0.4) is 0 Å². The zero-order valence-electron chi connectivity index (χ0n) is 14.6. The van der Waals surface area contributed by atoms with Gasteiger partial charge in [-0.25, -0.2) is 9.97 Å². The van der Waals surface area contributed by atoms with E-state index in [2.05, 4.69) is 45.1 Å². The Bertz CT molecular complexity index is 854. The second-order valence-corrected chi connectivity index (χ2v) is 5.80. The van der Waals surface area contributed by atoms with Crippen LogP contribution < -0.4 is 10.2 Å². The number of hydrogen-bond acceptors (Lipinski definition) is 4. The van der Waals surface area contributed by atoms with Crippen molar-refractivity contribution in [2.75, 3.05) is 24.5 Å². The first-order chi connectivity index (χ1) is 12.2. The van der Waals surface area contributed by atoms with E-state index in [9.17, 15) is 4.79 Å². The summed E-state index contributed by atoms with van der Waals surface area (Å²) in [6.45, 7) is 6.37. The molecule has 0 saturated carbocycles. The molecule has 0 unspecified atom stereocenters. The van der Waals surface area contributed by atoms with Crippen LogP contribution in [0.1, 0.15) is 29.9 Å². The van der Waals surface area contributed by atoms with Crippen molar-refractivity contribution < 1.29 is 4.79 Å². The molecule has 1 amide bonds. The van der Waals surface area contributed by atoms with Gasteiger partial charge in [0.2, 0.25) is 0 Å². The summed E-state index contributed by atoms with van der Waals surface area (Å²) in [4.78, 5) is 26.0. The number of hydrogen-bond donors (Lipinski definition) is 2. The number of aromatic nitrogens is 3. The van der Waals surface area contributed by atoms with Crippen molar-refractivity contribution in [3.63, 3.8) is 0 Å². The molecule has 1 aromatic carbocycles. The zero-order valence-corrected chi connectivity index (χ0v) is 14.6. The SMILES string of the molecule is CCN(CC)c1cc(C(=O)NCCc2c[nH]c3ccccc23)ncn1. The van der Waals surface area contributed by atoms with Gasteiger partial charge in [-0.2, -0.15) is 0 Å². The highest BCUT2D eigenvalue weighted by atomic mass is 16.1. The third-order valence-electron chi connectivity index (χ3n) is 4.33. The van der Waals surface area contributed by atoms with Crippen molar-refractivity contribution >= 4 is 22.6 Å². The molecule has 0 radical (unpaired) electrons. The Hall–Kier alpha value is -2.89.